The van der Waals surface area contributed by atoms with Gasteiger partial charge in [-0.05, 0) is 26.0 Å². The van der Waals surface area contributed by atoms with Crippen LogP contribution in [-0.2, 0) is 4.79 Å². The van der Waals surface area contributed by atoms with Crippen molar-refractivity contribution in [3.8, 4) is 6.07 Å². The number of nitrogens with one attached hydrogen (secondary N) is 1. The number of likely N-dealkylation sites (N-methyl/N-ethyl adjacent to an activating group) is 2. The molecule has 0 radical (unpaired) electrons. The number of carbonyl (C=O) groups is 1. The Morgan fingerprint density at radius 1 is 1.59 bits per heavy atom. The summed E-state index contributed by atoms with van der Waals surface area (Å²) in [7, 11) is 0. The lowest BCUT2D eigenvalue weighted by molar-refractivity contribution is -0.119. The molecule has 0 unspecified atom stereocenters. The summed E-state index contributed by atoms with van der Waals surface area (Å²) in [6.45, 7) is 5.46. The summed E-state index contributed by atoms with van der Waals surface area (Å²) in [5, 5.41) is 11.5. The van der Waals surface area contributed by atoms with Crippen molar-refractivity contribution in [2.45, 2.75) is 13.8 Å². The van der Waals surface area contributed by atoms with Crippen LogP contribution in [0.25, 0.3) is 0 Å². The Morgan fingerprint density at radius 3 is 2.94 bits per heavy atom. The van der Waals surface area contributed by atoms with Crippen molar-refractivity contribution in [1.29, 1.82) is 5.26 Å². The summed E-state index contributed by atoms with van der Waals surface area (Å²) < 4.78 is 0. The largest absolute Gasteiger partial charge is 0.362 e. The molecule has 1 heterocycles. The second-order valence-corrected chi connectivity index (χ2v) is 3.48. The first-order valence-corrected chi connectivity index (χ1v) is 5.59. The Balaban J connectivity index is 2.79. The van der Waals surface area contributed by atoms with Gasteiger partial charge in [0.25, 0.3) is 0 Å². The van der Waals surface area contributed by atoms with E-state index < -0.39 is 0 Å². The highest BCUT2D eigenvalue weighted by Crippen LogP contribution is 2.13. The fourth-order valence-corrected chi connectivity index (χ4v) is 1.49. The lowest BCUT2D eigenvalue weighted by Crippen LogP contribution is -2.37. The number of hydrogen-bond acceptors (Lipinski definition) is 4. The van der Waals surface area contributed by atoms with Gasteiger partial charge < -0.3 is 10.2 Å². The Bertz CT molecular complexity index is 425. The first-order valence-electron chi connectivity index (χ1n) is 5.59. The number of pyridine rings is 1. The number of hydrogen-bond donors (Lipinski definition) is 1. The third-order valence-corrected chi connectivity index (χ3v) is 2.31. The zero-order valence-electron chi connectivity index (χ0n) is 10.1. The number of nitriles is 1. The molecule has 0 saturated carbocycles. The summed E-state index contributed by atoms with van der Waals surface area (Å²) >= 11 is 0. The average molecular weight is 232 g/mol. The van der Waals surface area contributed by atoms with E-state index in [9.17, 15) is 4.79 Å². The molecule has 0 aliphatic carbocycles. The lowest BCUT2D eigenvalue weighted by Gasteiger charge is -2.22. The molecule has 1 amide bonds. The van der Waals surface area contributed by atoms with Crippen LogP contribution in [0.1, 0.15) is 19.5 Å². The fourth-order valence-electron chi connectivity index (χ4n) is 1.49. The van der Waals surface area contributed by atoms with E-state index in [1.165, 1.54) is 0 Å². The second-order valence-electron chi connectivity index (χ2n) is 3.48. The Hall–Kier alpha value is -2.09. The molecule has 5 heteroatoms. The van der Waals surface area contributed by atoms with Crippen LogP contribution in [0.3, 0.4) is 0 Å². The third kappa shape index (κ3) is 3.76. The lowest BCUT2D eigenvalue weighted by atomic mass is 10.3. The predicted octanol–water partition coefficient (Wildman–Crippen LogP) is 0.916. The molecular weight excluding hydrogens is 216 g/mol. The van der Waals surface area contributed by atoms with Crippen LogP contribution in [0.15, 0.2) is 18.3 Å². The highest BCUT2D eigenvalue weighted by Gasteiger charge is 2.09. The number of nitrogens with zero attached hydrogens (tertiary/aromatic N) is 3. The molecule has 90 valence electrons. The van der Waals surface area contributed by atoms with Gasteiger partial charge in [-0.1, -0.05) is 0 Å². The van der Waals surface area contributed by atoms with Crippen molar-refractivity contribution < 1.29 is 4.79 Å². The van der Waals surface area contributed by atoms with Gasteiger partial charge in [0, 0.05) is 25.0 Å². The normalized spacial score (nSPS) is 9.47. The molecule has 17 heavy (non-hydrogen) atoms. The van der Waals surface area contributed by atoms with E-state index >= 15 is 0 Å². The van der Waals surface area contributed by atoms with Gasteiger partial charge in [-0.25, -0.2) is 4.98 Å². The van der Waals surface area contributed by atoms with E-state index in [1.807, 2.05) is 24.8 Å². The van der Waals surface area contributed by atoms with Crippen molar-refractivity contribution in [1.82, 2.24) is 10.3 Å². The van der Waals surface area contributed by atoms with Gasteiger partial charge in [-0.2, -0.15) is 5.26 Å². The molecule has 0 atom stereocenters. The number of anilines is 1. The van der Waals surface area contributed by atoms with Crippen molar-refractivity contribution >= 4 is 11.6 Å². The molecule has 1 aromatic rings. The predicted molar refractivity (Wildman–Crippen MR) is 65.5 cm³/mol. The van der Waals surface area contributed by atoms with Gasteiger partial charge in [0.1, 0.15) is 11.8 Å². The quantitative estimate of drug-likeness (QED) is 0.819. The van der Waals surface area contributed by atoms with Crippen LogP contribution in [0, 0.1) is 11.3 Å². The summed E-state index contributed by atoms with van der Waals surface area (Å²) in [6, 6.07) is 5.46. The van der Waals surface area contributed by atoms with Gasteiger partial charge >= 0.3 is 0 Å². The molecule has 0 saturated heterocycles. The van der Waals surface area contributed by atoms with Crippen LogP contribution < -0.4 is 10.2 Å². The van der Waals surface area contributed by atoms with Gasteiger partial charge in [0.2, 0.25) is 5.91 Å². The molecular formula is C12H16N4O. The van der Waals surface area contributed by atoms with Gasteiger partial charge in [-0.3, -0.25) is 4.79 Å². The van der Waals surface area contributed by atoms with Crippen molar-refractivity contribution in [2.75, 3.05) is 24.5 Å². The second kappa shape index (κ2) is 6.48. The van der Waals surface area contributed by atoms with Crippen LogP contribution >= 0.6 is 0 Å². The van der Waals surface area contributed by atoms with Gasteiger partial charge in [0.15, 0.2) is 0 Å². The minimum absolute atomic E-state index is 0.0235. The topological polar surface area (TPSA) is 69.0 Å². The summed E-state index contributed by atoms with van der Waals surface area (Å²) in [5.74, 6) is -0.0235. The first kappa shape index (κ1) is 13.0. The molecule has 0 aromatic carbocycles. The highest BCUT2D eigenvalue weighted by atomic mass is 16.2. The SMILES string of the molecule is CCNC(=O)CN(CC)c1ccnc(C#N)c1. The maximum atomic E-state index is 11.5. The van der Waals surface area contributed by atoms with E-state index in [1.54, 1.807) is 18.3 Å². The van der Waals surface area contributed by atoms with Crippen LogP contribution in [0.2, 0.25) is 0 Å². The van der Waals surface area contributed by atoms with Crippen molar-refractivity contribution in [2.24, 2.45) is 0 Å². The smallest absolute Gasteiger partial charge is 0.239 e. The summed E-state index contributed by atoms with van der Waals surface area (Å²) in [5.41, 5.74) is 1.20. The number of aromatic nitrogens is 1. The molecule has 1 aromatic heterocycles. The minimum atomic E-state index is -0.0235. The molecule has 0 bridgehead atoms. The maximum absolute atomic E-state index is 11.5. The van der Waals surface area contributed by atoms with Gasteiger partial charge in [-0.15, -0.1) is 0 Å². The van der Waals surface area contributed by atoms with E-state index in [2.05, 4.69) is 10.3 Å². The van der Waals surface area contributed by atoms with E-state index in [0.717, 1.165) is 5.69 Å². The molecule has 0 aliphatic rings. The molecule has 0 fully saturated rings. The highest BCUT2D eigenvalue weighted by molar-refractivity contribution is 5.81. The zero-order chi connectivity index (χ0) is 12.7. The minimum Gasteiger partial charge on any atom is -0.362 e. The number of rotatable bonds is 5. The first-order chi connectivity index (χ1) is 8.21. The van der Waals surface area contributed by atoms with Gasteiger partial charge in [0.05, 0.1) is 6.54 Å². The monoisotopic (exact) mass is 232 g/mol. The molecule has 0 spiro atoms. The van der Waals surface area contributed by atoms with E-state index in [0.29, 0.717) is 25.3 Å². The fraction of sp³-hybridized carbons (Fsp3) is 0.417. The van der Waals surface area contributed by atoms with Crippen molar-refractivity contribution in [3.05, 3.63) is 24.0 Å². The Kier molecular flexibility index (Phi) is 4.95. The standard InChI is InChI=1S/C12H16N4O/c1-3-14-12(17)9-16(4-2)11-5-6-15-10(7-11)8-13/h5-7H,3-4,9H2,1-2H3,(H,14,17). The average Bonchev–Trinajstić information content (AvgIpc) is 2.36. The van der Waals surface area contributed by atoms with E-state index in [4.69, 9.17) is 5.26 Å². The van der Waals surface area contributed by atoms with Crippen LogP contribution in [0.4, 0.5) is 5.69 Å². The zero-order valence-corrected chi connectivity index (χ0v) is 10.1. The molecule has 1 N–H and O–H groups in total. The third-order valence-electron chi connectivity index (χ3n) is 2.31. The van der Waals surface area contributed by atoms with Crippen molar-refractivity contribution in [3.63, 3.8) is 0 Å². The van der Waals surface area contributed by atoms with Crippen LogP contribution in [-0.4, -0.2) is 30.5 Å². The summed E-state index contributed by atoms with van der Waals surface area (Å²) in [6.07, 6.45) is 1.58. The maximum Gasteiger partial charge on any atom is 0.239 e. The van der Waals surface area contributed by atoms with Crippen LogP contribution in [0.5, 0.6) is 0 Å². The van der Waals surface area contributed by atoms with E-state index in [-0.39, 0.29) is 5.91 Å². The summed E-state index contributed by atoms with van der Waals surface area (Å²) in [4.78, 5) is 17.3. The number of amides is 1. The number of carbonyl (C=O) groups excluding carboxylic acids is 1. The Labute approximate surface area is 101 Å². The molecule has 1 rings (SSSR count). The molecule has 0 aliphatic heterocycles. The Morgan fingerprint density at radius 2 is 2.35 bits per heavy atom. The molecule has 5 nitrogen and oxygen atoms in total.